The monoisotopic (exact) mass is 205 g/mol. The largest absolute Gasteiger partial charge is 0.384 e. The van der Waals surface area contributed by atoms with Crippen LogP contribution >= 0.6 is 0 Å². The molecule has 0 aliphatic carbocycles. The van der Waals surface area contributed by atoms with Gasteiger partial charge in [-0.05, 0) is 45.2 Å². The first-order chi connectivity index (χ1) is 7.18. The predicted octanol–water partition coefficient (Wildman–Crippen LogP) is 2.43. The van der Waals surface area contributed by atoms with Crippen LogP contribution in [0.15, 0.2) is 18.2 Å². The number of nitrogen functional groups attached to an aromatic ring is 1. The lowest BCUT2D eigenvalue weighted by molar-refractivity contribution is 0.411. The quantitative estimate of drug-likeness (QED) is 0.765. The first-order valence-electron chi connectivity index (χ1n) is 5.69. The second-order valence-electron chi connectivity index (χ2n) is 4.46. The molecular weight excluding hydrogens is 186 g/mol. The highest BCUT2D eigenvalue weighted by Crippen LogP contribution is 2.27. The van der Waals surface area contributed by atoms with E-state index >= 15 is 0 Å². The number of piperidine rings is 1. The summed E-state index contributed by atoms with van der Waals surface area (Å²) in [6.45, 7) is 4.53. The number of nitrogens with two attached hydrogens (primary N) is 1. The molecule has 1 fully saturated rings. The Labute approximate surface area is 91.3 Å². The Morgan fingerprint density at radius 2 is 1.93 bits per heavy atom. The molecule has 1 aromatic heterocycles. The van der Waals surface area contributed by atoms with Crippen LogP contribution in [0.5, 0.6) is 0 Å². The van der Waals surface area contributed by atoms with E-state index in [2.05, 4.69) is 29.8 Å². The predicted molar refractivity (Wildman–Crippen MR) is 63.9 cm³/mol. The van der Waals surface area contributed by atoms with E-state index in [1.165, 1.54) is 19.3 Å². The molecule has 2 heterocycles. The summed E-state index contributed by atoms with van der Waals surface area (Å²) < 4.78 is 0. The van der Waals surface area contributed by atoms with Gasteiger partial charge in [-0.25, -0.2) is 4.98 Å². The fourth-order valence-corrected chi connectivity index (χ4v) is 2.46. The van der Waals surface area contributed by atoms with Crippen LogP contribution in [0.25, 0.3) is 0 Å². The second kappa shape index (κ2) is 4.09. The van der Waals surface area contributed by atoms with Crippen LogP contribution in [-0.4, -0.2) is 17.1 Å². The van der Waals surface area contributed by atoms with Crippen LogP contribution in [0.3, 0.4) is 0 Å². The van der Waals surface area contributed by atoms with E-state index in [1.807, 2.05) is 12.1 Å². The number of anilines is 2. The van der Waals surface area contributed by atoms with Gasteiger partial charge in [-0.3, -0.25) is 0 Å². The van der Waals surface area contributed by atoms with E-state index in [0.29, 0.717) is 17.9 Å². The molecule has 0 amide bonds. The number of hydrogen-bond donors (Lipinski definition) is 1. The van der Waals surface area contributed by atoms with Crippen LogP contribution < -0.4 is 10.6 Å². The van der Waals surface area contributed by atoms with Crippen LogP contribution in [0.2, 0.25) is 0 Å². The summed E-state index contributed by atoms with van der Waals surface area (Å²) in [7, 11) is 0. The zero-order chi connectivity index (χ0) is 10.8. The van der Waals surface area contributed by atoms with Crippen molar-refractivity contribution in [3.8, 4) is 0 Å². The van der Waals surface area contributed by atoms with E-state index in [9.17, 15) is 0 Å². The Bertz CT molecular complexity index is 327. The van der Waals surface area contributed by atoms with Crippen LogP contribution in [0, 0.1) is 0 Å². The molecule has 0 aromatic carbocycles. The van der Waals surface area contributed by atoms with Gasteiger partial charge in [0.25, 0.3) is 0 Å². The van der Waals surface area contributed by atoms with E-state index in [-0.39, 0.29) is 0 Å². The Hall–Kier alpha value is -1.25. The first kappa shape index (κ1) is 10.3. The van der Waals surface area contributed by atoms with Crippen molar-refractivity contribution >= 4 is 11.6 Å². The highest BCUT2D eigenvalue weighted by Gasteiger charge is 2.25. The van der Waals surface area contributed by atoms with E-state index in [1.54, 1.807) is 0 Å². The lowest BCUT2D eigenvalue weighted by atomic mass is 9.97. The molecule has 0 bridgehead atoms. The van der Waals surface area contributed by atoms with Gasteiger partial charge in [0.15, 0.2) is 0 Å². The Morgan fingerprint density at radius 3 is 2.53 bits per heavy atom. The molecule has 0 spiro atoms. The van der Waals surface area contributed by atoms with E-state index < -0.39 is 0 Å². The van der Waals surface area contributed by atoms with Crippen molar-refractivity contribution in [1.29, 1.82) is 0 Å². The average Bonchev–Trinajstić information content (AvgIpc) is 2.17. The van der Waals surface area contributed by atoms with Crippen molar-refractivity contribution < 1.29 is 0 Å². The van der Waals surface area contributed by atoms with Crippen molar-refractivity contribution in [2.75, 3.05) is 10.6 Å². The summed E-state index contributed by atoms with van der Waals surface area (Å²) in [6, 6.07) is 7.01. The number of rotatable bonds is 1. The minimum Gasteiger partial charge on any atom is -0.384 e. The number of hydrogen-bond acceptors (Lipinski definition) is 3. The summed E-state index contributed by atoms with van der Waals surface area (Å²) in [5, 5.41) is 0. The third-order valence-corrected chi connectivity index (χ3v) is 3.21. The van der Waals surface area contributed by atoms with Gasteiger partial charge in [-0.1, -0.05) is 6.07 Å². The smallest absolute Gasteiger partial charge is 0.131 e. The molecule has 2 rings (SSSR count). The van der Waals surface area contributed by atoms with Crippen molar-refractivity contribution in [2.24, 2.45) is 0 Å². The minimum atomic E-state index is 0.572. The van der Waals surface area contributed by atoms with E-state index in [4.69, 9.17) is 5.73 Å². The van der Waals surface area contributed by atoms with Crippen molar-refractivity contribution in [1.82, 2.24) is 4.98 Å². The Balaban J connectivity index is 2.27. The van der Waals surface area contributed by atoms with Gasteiger partial charge in [0, 0.05) is 12.1 Å². The second-order valence-corrected chi connectivity index (χ2v) is 4.46. The fraction of sp³-hybridized carbons (Fsp3) is 0.583. The molecule has 0 radical (unpaired) electrons. The third-order valence-electron chi connectivity index (χ3n) is 3.21. The molecular formula is C12H19N3. The molecule has 15 heavy (non-hydrogen) atoms. The molecule has 2 unspecified atom stereocenters. The fourth-order valence-electron chi connectivity index (χ4n) is 2.46. The number of aromatic nitrogens is 1. The molecule has 3 heteroatoms. The summed E-state index contributed by atoms with van der Waals surface area (Å²) in [6.07, 6.45) is 3.82. The molecule has 1 saturated heterocycles. The lowest BCUT2D eigenvalue weighted by Gasteiger charge is -2.40. The first-order valence-corrected chi connectivity index (χ1v) is 5.69. The molecule has 1 aromatic rings. The Kier molecular flexibility index (Phi) is 2.80. The number of pyridine rings is 1. The average molecular weight is 205 g/mol. The van der Waals surface area contributed by atoms with Gasteiger partial charge in [0.1, 0.15) is 11.6 Å². The zero-order valence-electron chi connectivity index (χ0n) is 9.48. The molecule has 3 nitrogen and oxygen atoms in total. The minimum absolute atomic E-state index is 0.572. The molecule has 1 aliphatic heterocycles. The van der Waals surface area contributed by atoms with Gasteiger partial charge in [-0.2, -0.15) is 0 Å². The third kappa shape index (κ3) is 2.06. The molecule has 82 valence electrons. The maximum Gasteiger partial charge on any atom is 0.131 e. The SMILES string of the molecule is CC1CCCC(C)N1c1cccc(N)n1. The molecule has 2 N–H and O–H groups in total. The van der Waals surface area contributed by atoms with Gasteiger partial charge in [0.2, 0.25) is 0 Å². The summed E-state index contributed by atoms with van der Waals surface area (Å²) in [5.41, 5.74) is 5.72. The van der Waals surface area contributed by atoms with Crippen LogP contribution in [-0.2, 0) is 0 Å². The maximum atomic E-state index is 5.72. The molecule has 1 aliphatic rings. The highest BCUT2D eigenvalue weighted by atomic mass is 15.2. The normalized spacial score (nSPS) is 26.7. The van der Waals surface area contributed by atoms with Gasteiger partial charge in [-0.15, -0.1) is 0 Å². The topological polar surface area (TPSA) is 42.1 Å². The summed E-state index contributed by atoms with van der Waals surface area (Å²) in [5.74, 6) is 1.63. The van der Waals surface area contributed by atoms with Crippen molar-refractivity contribution in [3.63, 3.8) is 0 Å². The van der Waals surface area contributed by atoms with Gasteiger partial charge in [0.05, 0.1) is 0 Å². The maximum absolute atomic E-state index is 5.72. The van der Waals surface area contributed by atoms with Crippen LogP contribution in [0.1, 0.15) is 33.1 Å². The van der Waals surface area contributed by atoms with Gasteiger partial charge >= 0.3 is 0 Å². The van der Waals surface area contributed by atoms with Crippen molar-refractivity contribution in [3.05, 3.63) is 18.2 Å². The van der Waals surface area contributed by atoms with Gasteiger partial charge < -0.3 is 10.6 Å². The highest BCUT2D eigenvalue weighted by molar-refractivity contribution is 5.46. The Morgan fingerprint density at radius 1 is 1.27 bits per heavy atom. The lowest BCUT2D eigenvalue weighted by Crippen LogP contribution is -2.44. The molecule has 0 saturated carbocycles. The number of nitrogens with zero attached hydrogens (tertiary/aromatic N) is 2. The van der Waals surface area contributed by atoms with Crippen molar-refractivity contribution in [2.45, 2.75) is 45.2 Å². The summed E-state index contributed by atoms with van der Waals surface area (Å²) >= 11 is 0. The summed E-state index contributed by atoms with van der Waals surface area (Å²) in [4.78, 5) is 6.79. The van der Waals surface area contributed by atoms with E-state index in [0.717, 1.165) is 5.82 Å². The van der Waals surface area contributed by atoms with Crippen LogP contribution in [0.4, 0.5) is 11.6 Å². The zero-order valence-corrected chi connectivity index (χ0v) is 9.48. The molecule has 2 atom stereocenters. The standard InChI is InChI=1S/C12H19N3/c1-9-5-3-6-10(2)15(9)12-8-4-7-11(13)14-12/h4,7-10H,3,5-6H2,1-2H3,(H2,13,14).